The number of likely N-dealkylation sites (tertiary alicyclic amines) is 1. The number of hydrogen-bond donors (Lipinski definition) is 0. The molecule has 0 saturated carbocycles. The summed E-state index contributed by atoms with van der Waals surface area (Å²) in [5.41, 5.74) is 2.60. The van der Waals surface area contributed by atoms with Crippen LogP contribution in [0.5, 0.6) is 5.75 Å². The zero-order valence-corrected chi connectivity index (χ0v) is 22.7. The van der Waals surface area contributed by atoms with E-state index in [0.29, 0.717) is 39.7 Å². The molecule has 11 heteroatoms. The maximum atomic E-state index is 15.5. The fraction of sp³-hybridized carbons (Fsp3) is 0.321. The van der Waals surface area contributed by atoms with Gasteiger partial charge in [0.15, 0.2) is 0 Å². The van der Waals surface area contributed by atoms with Gasteiger partial charge in [-0.05, 0) is 61.4 Å². The van der Waals surface area contributed by atoms with Gasteiger partial charge < -0.3 is 9.64 Å². The number of amides is 1. The lowest BCUT2D eigenvalue weighted by molar-refractivity contribution is 0.000872. The molecule has 1 amide bonds. The highest BCUT2D eigenvalue weighted by Gasteiger charge is 2.44. The third kappa shape index (κ3) is 4.19. The summed E-state index contributed by atoms with van der Waals surface area (Å²) in [6.07, 6.45) is 3.53. The van der Waals surface area contributed by atoms with E-state index in [1.54, 1.807) is 23.0 Å². The molecule has 7 nitrogen and oxygen atoms in total. The number of hydrogen-bond acceptors (Lipinski definition) is 5. The molecule has 39 heavy (non-hydrogen) atoms. The second-order valence-electron chi connectivity index (χ2n) is 11.2. The minimum atomic E-state index is -0.796. The number of halogens is 2. The predicted molar refractivity (Wildman–Crippen MR) is 150 cm³/mol. The van der Waals surface area contributed by atoms with Crippen LogP contribution in [0.1, 0.15) is 35.5 Å². The zero-order chi connectivity index (χ0) is 27.6. The van der Waals surface area contributed by atoms with Crippen molar-refractivity contribution in [2.45, 2.75) is 37.9 Å². The van der Waals surface area contributed by atoms with E-state index in [-0.39, 0.29) is 24.1 Å². The van der Waals surface area contributed by atoms with E-state index in [1.165, 1.54) is 17.0 Å². The summed E-state index contributed by atoms with van der Waals surface area (Å²) in [5, 5.41) is 4.53. The quantitative estimate of drug-likeness (QED) is 0.361. The molecule has 2 aliphatic heterocycles. The maximum Gasteiger partial charge on any atom is 0.255 e. The molecule has 0 atom stereocenters. The Hall–Kier alpha value is -3.72. The smallest absolute Gasteiger partial charge is 0.255 e. The summed E-state index contributed by atoms with van der Waals surface area (Å²) in [4.78, 5) is 21.2. The summed E-state index contributed by atoms with van der Waals surface area (Å²) >= 11 is 0. The van der Waals surface area contributed by atoms with Gasteiger partial charge in [0.05, 0.1) is 17.8 Å². The first-order valence-electron chi connectivity index (χ1n) is 13.2. The largest absolute Gasteiger partial charge is 0.485 e. The zero-order valence-electron chi connectivity index (χ0n) is 22.7. The standard InChI is InChI=1S/C28H29B2F2N5O2/c1-15(2)36-11-17(12-36)39-24-7-6-18(20-13-35(3)34-25(20)24)16-9-22(31)21(23(32)10-16)14-37-27(38)19-5-4-8-33-26(19)28(37,29)30/h4-10,13,15,17H,11-12,14,29-30H2,1-3H3. The van der Waals surface area contributed by atoms with E-state index < -0.39 is 17.0 Å². The second-order valence-corrected chi connectivity index (χ2v) is 11.2. The van der Waals surface area contributed by atoms with Gasteiger partial charge >= 0.3 is 0 Å². The van der Waals surface area contributed by atoms with E-state index in [4.69, 9.17) is 4.74 Å². The van der Waals surface area contributed by atoms with Gasteiger partial charge in [0.25, 0.3) is 5.91 Å². The van der Waals surface area contributed by atoms with Crippen LogP contribution in [0.25, 0.3) is 22.0 Å². The van der Waals surface area contributed by atoms with E-state index in [0.717, 1.165) is 18.5 Å². The first-order valence-corrected chi connectivity index (χ1v) is 13.2. The van der Waals surface area contributed by atoms with Crippen LogP contribution in [0.3, 0.4) is 0 Å². The highest BCUT2D eigenvalue weighted by atomic mass is 19.1. The topological polar surface area (TPSA) is 63.5 Å². The molecule has 198 valence electrons. The summed E-state index contributed by atoms with van der Waals surface area (Å²) in [6.45, 7) is 5.81. The van der Waals surface area contributed by atoms with Crippen molar-refractivity contribution < 1.29 is 18.3 Å². The lowest BCUT2D eigenvalue weighted by atomic mass is 9.59. The normalized spacial score (nSPS) is 17.2. The van der Waals surface area contributed by atoms with Gasteiger partial charge in [-0.3, -0.25) is 19.4 Å². The number of fused-ring (bicyclic) bond motifs is 2. The molecule has 4 aromatic rings. The third-order valence-corrected chi connectivity index (χ3v) is 7.96. The number of aryl methyl sites for hydroxylation is 1. The Bertz CT molecular complexity index is 1590. The first kappa shape index (κ1) is 25.6. The van der Waals surface area contributed by atoms with Crippen molar-refractivity contribution in [3.05, 3.63) is 77.2 Å². The van der Waals surface area contributed by atoms with Crippen LogP contribution in [0, 0.1) is 11.6 Å². The Balaban J connectivity index is 1.31. The molecule has 0 spiro atoms. The first-order chi connectivity index (χ1) is 18.5. The van der Waals surface area contributed by atoms with Crippen molar-refractivity contribution >= 4 is 32.5 Å². The molecule has 0 unspecified atom stereocenters. The molecule has 2 aliphatic rings. The highest BCUT2D eigenvalue weighted by molar-refractivity contribution is 6.42. The molecule has 2 aromatic carbocycles. The molecular weight excluding hydrogens is 498 g/mol. The Kier molecular flexibility index (Phi) is 6.02. The van der Waals surface area contributed by atoms with Gasteiger partial charge in [0, 0.05) is 54.9 Å². The van der Waals surface area contributed by atoms with E-state index in [1.807, 2.05) is 41.1 Å². The molecule has 0 bridgehead atoms. The van der Waals surface area contributed by atoms with Crippen LogP contribution in [0.4, 0.5) is 8.78 Å². The number of carbonyl (C=O) groups excluding carboxylic acids is 1. The molecule has 0 radical (unpaired) electrons. The number of benzene rings is 2. The Morgan fingerprint density at radius 1 is 1.13 bits per heavy atom. The van der Waals surface area contributed by atoms with Crippen LogP contribution in [-0.4, -0.2) is 71.4 Å². The van der Waals surface area contributed by atoms with Crippen molar-refractivity contribution in [2.24, 2.45) is 7.05 Å². The summed E-state index contributed by atoms with van der Waals surface area (Å²) < 4.78 is 39.0. The number of ether oxygens (including phenoxy) is 1. The summed E-state index contributed by atoms with van der Waals surface area (Å²) in [6, 6.07) is 10.1. The Labute approximate surface area is 227 Å². The number of nitrogens with zero attached hydrogens (tertiary/aromatic N) is 5. The fourth-order valence-electron chi connectivity index (χ4n) is 5.62. The number of rotatable bonds is 6. The summed E-state index contributed by atoms with van der Waals surface area (Å²) in [7, 11) is 5.48. The van der Waals surface area contributed by atoms with Crippen LogP contribution in [-0.2, 0) is 18.9 Å². The molecule has 6 rings (SSSR count). The lowest BCUT2D eigenvalue weighted by Gasteiger charge is -2.41. The maximum absolute atomic E-state index is 15.5. The van der Waals surface area contributed by atoms with Crippen molar-refractivity contribution in [1.82, 2.24) is 24.6 Å². The Morgan fingerprint density at radius 3 is 2.51 bits per heavy atom. The SMILES string of the molecule is BC1(B)c2ncccc2C(=O)N1Cc1c(F)cc(-c2ccc(OC3CN(C(C)C)C3)c3nn(C)cc23)cc1F. The van der Waals surface area contributed by atoms with Gasteiger partial charge in [-0.15, -0.1) is 0 Å². The molecular formula is C28H29B2F2N5O2. The number of pyridine rings is 1. The molecule has 0 N–H and O–H groups in total. The van der Waals surface area contributed by atoms with Crippen LogP contribution < -0.4 is 4.74 Å². The average Bonchev–Trinajstić information content (AvgIpc) is 3.33. The Morgan fingerprint density at radius 2 is 1.85 bits per heavy atom. The number of carbonyl (C=O) groups is 1. The van der Waals surface area contributed by atoms with E-state index in [9.17, 15) is 4.79 Å². The molecule has 1 fully saturated rings. The summed E-state index contributed by atoms with van der Waals surface area (Å²) in [5.74, 6) is -1.05. The minimum Gasteiger partial charge on any atom is -0.485 e. The van der Waals surface area contributed by atoms with Crippen molar-refractivity contribution in [3.63, 3.8) is 0 Å². The third-order valence-electron chi connectivity index (χ3n) is 7.96. The van der Waals surface area contributed by atoms with Crippen molar-refractivity contribution in [3.8, 4) is 16.9 Å². The molecule has 4 heterocycles. The predicted octanol–water partition coefficient (Wildman–Crippen LogP) is 2.42. The van der Waals surface area contributed by atoms with Crippen LogP contribution in [0.2, 0.25) is 0 Å². The minimum absolute atomic E-state index is 0.0801. The number of aromatic nitrogens is 3. The van der Waals surface area contributed by atoms with Crippen LogP contribution >= 0.6 is 0 Å². The lowest BCUT2D eigenvalue weighted by Crippen LogP contribution is -2.56. The molecule has 1 saturated heterocycles. The highest BCUT2D eigenvalue weighted by Crippen LogP contribution is 2.38. The monoisotopic (exact) mass is 527 g/mol. The molecule has 2 aromatic heterocycles. The van der Waals surface area contributed by atoms with Crippen molar-refractivity contribution in [1.29, 1.82) is 0 Å². The van der Waals surface area contributed by atoms with E-state index >= 15 is 8.78 Å². The van der Waals surface area contributed by atoms with Gasteiger partial charge in [0.1, 0.15) is 44.7 Å². The van der Waals surface area contributed by atoms with Gasteiger partial charge in [-0.1, -0.05) is 0 Å². The van der Waals surface area contributed by atoms with Gasteiger partial charge in [0.2, 0.25) is 0 Å². The fourth-order valence-corrected chi connectivity index (χ4v) is 5.62. The molecule has 0 aliphatic carbocycles. The van der Waals surface area contributed by atoms with Crippen LogP contribution in [0.15, 0.2) is 48.8 Å². The van der Waals surface area contributed by atoms with Gasteiger partial charge in [-0.25, -0.2) is 8.78 Å². The van der Waals surface area contributed by atoms with E-state index in [2.05, 4.69) is 28.8 Å². The van der Waals surface area contributed by atoms with Crippen molar-refractivity contribution in [2.75, 3.05) is 13.1 Å². The second kappa shape index (κ2) is 9.19. The average molecular weight is 527 g/mol. The van der Waals surface area contributed by atoms with Gasteiger partial charge in [-0.2, -0.15) is 5.10 Å².